The summed E-state index contributed by atoms with van der Waals surface area (Å²) >= 11 is 1.29. The number of benzene rings is 2. The van der Waals surface area contributed by atoms with Crippen LogP contribution in [-0.4, -0.2) is 58.6 Å². The fourth-order valence-corrected chi connectivity index (χ4v) is 4.36. The number of nitrogens with one attached hydrogen (secondary N) is 1. The summed E-state index contributed by atoms with van der Waals surface area (Å²) in [6.45, 7) is 5.04. The van der Waals surface area contributed by atoms with Crippen LogP contribution in [0.4, 0.5) is 5.69 Å². The molecule has 1 unspecified atom stereocenters. The number of amides is 2. The van der Waals surface area contributed by atoms with Gasteiger partial charge in [-0.1, -0.05) is 48.2 Å². The van der Waals surface area contributed by atoms with Crippen molar-refractivity contribution in [3.63, 3.8) is 0 Å². The molecule has 0 saturated heterocycles. The van der Waals surface area contributed by atoms with Crippen molar-refractivity contribution in [2.75, 3.05) is 25.0 Å². The predicted octanol–water partition coefficient (Wildman–Crippen LogP) is 3.39. The van der Waals surface area contributed by atoms with Gasteiger partial charge in [-0.3, -0.25) is 14.4 Å². The van der Waals surface area contributed by atoms with E-state index in [0.717, 1.165) is 13.1 Å². The largest absolute Gasteiger partial charge is 0.454 e. The third-order valence-electron chi connectivity index (χ3n) is 4.95. The number of amidine groups is 1. The van der Waals surface area contributed by atoms with Crippen LogP contribution < -0.4 is 5.32 Å². The number of rotatable bonds is 9. The minimum Gasteiger partial charge on any atom is -0.454 e. The third-order valence-corrected chi connectivity index (χ3v) is 6.16. The Labute approximate surface area is 196 Å². The van der Waals surface area contributed by atoms with E-state index in [0.29, 0.717) is 16.4 Å². The first-order chi connectivity index (χ1) is 15.9. The van der Waals surface area contributed by atoms with E-state index in [-0.39, 0.29) is 36.2 Å². The van der Waals surface area contributed by atoms with Crippen molar-refractivity contribution < 1.29 is 23.9 Å². The zero-order chi connectivity index (χ0) is 23.8. The Balaban J connectivity index is 1.53. The average molecular weight is 468 g/mol. The van der Waals surface area contributed by atoms with Crippen LogP contribution in [-0.2, 0) is 14.3 Å². The molecular weight excluding hydrogens is 442 g/mol. The third kappa shape index (κ3) is 6.52. The molecule has 1 N–H and O–H groups in total. The van der Waals surface area contributed by atoms with Crippen LogP contribution in [0.3, 0.4) is 0 Å². The summed E-state index contributed by atoms with van der Waals surface area (Å²) in [6.07, 6.45) is -0.0297. The molecule has 2 amide bonds. The minimum absolute atomic E-state index is 0.0297. The molecule has 1 aliphatic heterocycles. The molecule has 33 heavy (non-hydrogen) atoms. The number of carbonyl (C=O) groups is 4. The van der Waals surface area contributed by atoms with Gasteiger partial charge in [-0.05, 0) is 32.0 Å². The van der Waals surface area contributed by atoms with E-state index >= 15 is 0 Å². The van der Waals surface area contributed by atoms with Gasteiger partial charge in [-0.2, -0.15) is 4.99 Å². The summed E-state index contributed by atoms with van der Waals surface area (Å²) in [7, 11) is 0. The second-order valence-electron chi connectivity index (χ2n) is 7.21. The molecule has 0 aliphatic carbocycles. The second kappa shape index (κ2) is 11.4. The fourth-order valence-electron chi connectivity index (χ4n) is 3.16. The van der Waals surface area contributed by atoms with Crippen LogP contribution in [0.1, 0.15) is 41.0 Å². The summed E-state index contributed by atoms with van der Waals surface area (Å²) < 4.78 is 5.11. The molecule has 0 radical (unpaired) electrons. The number of thioether (sulfide) groups is 1. The van der Waals surface area contributed by atoms with Gasteiger partial charge < -0.3 is 15.0 Å². The van der Waals surface area contributed by atoms with Crippen molar-refractivity contribution in [2.45, 2.75) is 25.5 Å². The van der Waals surface area contributed by atoms with Gasteiger partial charge in [0.25, 0.3) is 5.91 Å². The Morgan fingerprint density at radius 3 is 2.42 bits per heavy atom. The normalized spacial score (nSPS) is 15.0. The van der Waals surface area contributed by atoms with Gasteiger partial charge in [0.05, 0.1) is 5.56 Å². The Morgan fingerprint density at radius 2 is 1.73 bits per heavy atom. The quantitative estimate of drug-likeness (QED) is 0.445. The number of esters is 1. The predicted molar refractivity (Wildman–Crippen MR) is 127 cm³/mol. The zero-order valence-corrected chi connectivity index (χ0v) is 19.3. The Kier molecular flexibility index (Phi) is 8.37. The molecule has 0 bridgehead atoms. The molecule has 0 fully saturated rings. The number of ketones is 1. The minimum atomic E-state index is -0.672. The van der Waals surface area contributed by atoms with E-state index in [1.165, 1.54) is 23.9 Å². The molecule has 2 aromatic carbocycles. The van der Waals surface area contributed by atoms with E-state index < -0.39 is 11.2 Å². The maximum absolute atomic E-state index is 12.5. The molecule has 0 saturated carbocycles. The first-order valence-corrected chi connectivity index (χ1v) is 11.5. The highest BCUT2D eigenvalue weighted by atomic mass is 32.2. The van der Waals surface area contributed by atoms with Gasteiger partial charge in [-0.25, -0.2) is 4.79 Å². The molecule has 0 spiro atoms. The number of nitrogens with zero attached hydrogens (tertiary/aromatic N) is 2. The van der Waals surface area contributed by atoms with Gasteiger partial charge in [0.1, 0.15) is 5.25 Å². The molecule has 3 rings (SSSR count). The number of Topliss-reactive ketones (excluding diaryl/α,β-unsaturated/α-hetero) is 1. The van der Waals surface area contributed by atoms with Gasteiger partial charge >= 0.3 is 5.97 Å². The number of ether oxygens (including phenoxy) is 1. The summed E-state index contributed by atoms with van der Waals surface area (Å²) in [6, 6.07) is 14.8. The lowest BCUT2D eigenvalue weighted by molar-refractivity contribution is -0.121. The fraction of sp³-hybridized carbons (Fsp3) is 0.292. The van der Waals surface area contributed by atoms with E-state index in [2.05, 4.69) is 10.3 Å². The van der Waals surface area contributed by atoms with E-state index in [4.69, 9.17) is 4.74 Å². The van der Waals surface area contributed by atoms with E-state index in [1.807, 2.05) is 18.7 Å². The van der Waals surface area contributed by atoms with Crippen molar-refractivity contribution in [2.24, 2.45) is 4.99 Å². The Morgan fingerprint density at radius 1 is 1.03 bits per heavy atom. The number of hydrogen-bond donors (Lipinski definition) is 1. The molecule has 9 heteroatoms. The second-order valence-corrected chi connectivity index (χ2v) is 8.38. The molecule has 172 valence electrons. The average Bonchev–Trinajstić information content (AvgIpc) is 3.18. The lowest BCUT2D eigenvalue weighted by Gasteiger charge is -2.19. The van der Waals surface area contributed by atoms with Crippen molar-refractivity contribution in [3.8, 4) is 0 Å². The van der Waals surface area contributed by atoms with Crippen LogP contribution in [0.5, 0.6) is 0 Å². The summed E-state index contributed by atoms with van der Waals surface area (Å²) in [5.41, 5.74) is 1.05. The van der Waals surface area contributed by atoms with E-state index in [1.54, 1.807) is 42.5 Å². The van der Waals surface area contributed by atoms with Crippen molar-refractivity contribution in [1.82, 2.24) is 4.90 Å². The van der Waals surface area contributed by atoms with Crippen molar-refractivity contribution in [3.05, 3.63) is 65.7 Å². The van der Waals surface area contributed by atoms with Crippen LogP contribution in [0.2, 0.25) is 0 Å². The SMILES string of the molecule is CCN(CC)C1=NC(=O)C(CC(=O)Nc2cccc(C(=O)OCC(=O)c3ccccc3)c2)S1. The molecular formula is C24H25N3O5S. The molecule has 8 nitrogen and oxygen atoms in total. The molecule has 1 atom stereocenters. The molecule has 2 aromatic rings. The highest BCUT2D eigenvalue weighted by Crippen LogP contribution is 2.27. The Hall–Kier alpha value is -3.46. The topological polar surface area (TPSA) is 105 Å². The van der Waals surface area contributed by atoms with E-state index in [9.17, 15) is 19.2 Å². The lowest BCUT2D eigenvalue weighted by atomic mass is 10.1. The standard InChI is InChI=1S/C24H25N3O5S/c1-3-27(4-2)24-26-22(30)20(33-24)14-21(29)25-18-12-8-11-17(13-18)23(31)32-15-19(28)16-9-6-5-7-10-16/h5-13,20H,3-4,14-15H2,1-2H3,(H,25,29). The summed E-state index contributed by atoms with van der Waals surface area (Å²) in [5.74, 6) is -1.66. The van der Waals surface area contributed by atoms with Gasteiger partial charge in [0.2, 0.25) is 5.91 Å². The first-order valence-electron chi connectivity index (χ1n) is 10.6. The highest BCUT2D eigenvalue weighted by molar-refractivity contribution is 8.15. The van der Waals surface area contributed by atoms with Gasteiger partial charge in [0, 0.05) is 30.8 Å². The van der Waals surface area contributed by atoms with Crippen molar-refractivity contribution in [1.29, 1.82) is 0 Å². The molecule has 1 aliphatic rings. The summed E-state index contributed by atoms with van der Waals surface area (Å²) in [4.78, 5) is 55.1. The maximum atomic E-state index is 12.5. The van der Waals surface area contributed by atoms with Gasteiger partial charge in [-0.15, -0.1) is 0 Å². The number of carbonyl (C=O) groups excluding carboxylic acids is 4. The zero-order valence-electron chi connectivity index (χ0n) is 18.4. The van der Waals surface area contributed by atoms with Gasteiger partial charge in [0.15, 0.2) is 17.6 Å². The number of hydrogen-bond acceptors (Lipinski definition) is 7. The number of anilines is 1. The highest BCUT2D eigenvalue weighted by Gasteiger charge is 2.32. The Bertz CT molecular complexity index is 1070. The smallest absolute Gasteiger partial charge is 0.338 e. The lowest BCUT2D eigenvalue weighted by Crippen LogP contribution is -2.27. The summed E-state index contributed by atoms with van der Waals surface area (Å²) in [5, 5.41) is 2.77. The van der Waals surface area contributed by atoms with Crippen LogP contribution >= 0.6 is 11.8 Å². The van der Waals surface area contributed by atoms with Crippen LogP contribution in [0.15, 0.2) is 59.6 Å². The molecule has 1 heterocycles. The van der Waals surface area contributed by atoms with Crippen molar-refractivity contribution >= 4 is 46.2 Å². The maximum Gasteiger partial charge on any atom is 0.338 e. The van der Waals surface area contributed by atoms with Crippen LogP contribution in [0.25, 0.3) is 0 Å². The van der Waals surface area contributed by atoms with Crippen LogP contribution in [0, 0.1) is 0 Å². The monoisotopic (exact) mass is 467 g/mol. The molecule has 0 aromatic heterocycles. The number of aliphatic imine (C=N–C) groups is 1. The first kappa shape index (κ1) is 24.2.